The van der Waals surface area contributed by atoms with Gasteiger partial charge in [-0.15, -0.1) is 0 Å². The van der Waals surface area contributed by atoms with Gasteiger partial charge in [-0.1, -0.05) is 13.8 Å². The van der Waals surface area contributed by atoms with Crippen molar-refractivity contribution in [2.24, 2.45) is 21.3 Å². The first-order valence-corrected chi connectivity index (χ1v) is 5.60. The first-order valence-electron chi connectivity index (χ1n) is 5.60. The number of hydrogen-bond acceptors (Lipinski definition) is 4. The fourth-order valence-electron chi connectivity index (χ4n) is 2.65. The van der Waals surface area contributed by atoms with Gasteiger partial charge in [0.15, 0.2) is 0 Å². The molecule has 0 amide bonds. The lowest BCUT2D eigenvalue weighted by Gasteiger charge is -2.37. The van der Waals surface area contributed by atoms with Crippen LogP contribution in [0.2, 0.25) is 0 Å². The molecular weight excluding hydrogens is 204 g/mol. The van der Waals surface area contributed by atoms with E-state index in [1.807, 2.05) is 6.92 Å². The molecule has 88 valence electrons. The number of hydrogen-bond donors (Lipinski definition) is 0. The normalized spacial score (nSPS) is 31.6. The zero-order chi connectivity index (χ0) is 12.2. The van der Waals surface area contributed by atoms with Gasteiger partial charge in [0.2, 0.25) is 12.2 Å². The van der Waals surface area contributed by atoms with Crippen LogP contribution in [-0.2, 0) is 9.59 Å². The summed E-state index contributed by atoms with van der Waals surface area (Å²) in [4.78, 5) is 28.0. The number of carbonyl (C=O) groups excluding carboxylic acids is 2. The Balaban J connectivity index is 2.78. The zero-order valence-corrected chi connectivity index (χ0v) is 10.1. The van der Waals surface area contributed by atoms with Crippen LogP contribution in [0.3, 0.4) is 0 Å². The fraction of sp³-hybridized carbons (Fsp3) is 0.833. The summed E-state index contributed by atoms with van der Waals surface area (Å²) >= 11 is 0. The maximum absolute atomic E-state index is 10.5. The predicted octanol–water partition coefficient (Wildman–Crippen LogP) is 2.24. The maximum atomic E-state index is 10.5. The Labute approximate surface area is 95.9 Å². The van der Waals surface area contributed by atoms with Gasteiger partial charge in [0, 0.05) is 0 Å². The van der Waals surface area contributed by atoms with Gasteiger partial charge in [-0.05, 0) is 37.5 Å². The average molecular weight is 222 g/mol. The summed E-state index contributed by atoms with van der Waals surface area (Å²) < 4.78 is 0. The third-order valence-electron chi connectivity index (χ3n) is 4.33. The molecule has 0 aliphatic heterocycles. The van der Waals surface area contributed by atoms with Gasteiger partial charge in [-0.25, -0.2) is 14.6 Å². The minimum Gasteiger partial charge on any atom is -0.211 e. The van der Waals surface area contributed by atoms with Crippen molar-refractivity contribution in [3.63, 3.8) is 0 Å². The third kappa shape index (κ3) is 2.13. The summed E-state index contributed by atoms with van der Waals surface area (Å²) in [6.45, 7) is 6.76. The largest absolute Gasteiger partial charge is 0.235 e. The van der Waals surface area contributed by atoms with Gasteiger partial charge >= 0.3 is 0 Å². The summed E-state index contributed by atoms with van der Waals surface area (Å²) in [6, 6.07) is 0. The molecule has 1 saturated carbocycles. The molecule has 1 fully saturated rings. The summed E-state index contributed by atoms with van der Waals surface area (Å²) in [5.41, 5.74) is -0.382. The molecule has 4 nitrogen and oxygen atoms in total. The molecule has 0 aromatic rings. The Kier molecular flexibility index (Phi) is 3.79. The molecular formula is C12H18N2O2. The van der Waals surface area contributed by atoms with Crippen LogP contribution in [0.15, 0.2) is 9.98 Å². The maximum Gasteiger partial charge on any atom is 0.235 e. The molecule has 0 saturated heterocycles. The van der Waals surface area contributed by atoms with Crippen LogP contribution < -0.4 is 0 Å². The van der Waals surface area contributed by atoms with Gasteiger partial charge in [-0.2, -0.15) is 4.99 Å². The van der Waals surface area contributed by atoms with Crippen molar-refractivity contribution in [3.05, 3.63) is 0 Å². The molecule has 0 heterocycles. The second-order valence-corrected chi connectivity index (χ2v) is 5.20. The van der Waals surface area contributed by atoms with Gasteiger partial charge in [0.1, 0.15) is 0 Å². The van der Waals surface area contributed by atoms with Crippen molar-refractivity contribution in [2.45, 2.75) is 45.6 Å². The summed E-state index contributed by atoms with van der Waals surface area (Å²) in [6.07, 6.45) is 6.00. The van der Waals surface area contributed by atoms with Crippen LogP contribution in [-0.4, -0.2) is 24.2 Å². The van der Waals surface area contributed by atoms with E-state index in [9.17, 15) is 9.59 Å². The highest BCUT2D eigenvalue weighted by Crippen LogP contribution is 2.53. The van der Waals surface area contributed by atoms with E-state index >= 15 is 0 Å². The van der Waals surface area contributed by atoms with E-state index in [4.69, 9.17) is 0 Å². The number of aliphatic imine (C=N–C) groups is 2. The van der Waals surface area contributed by atoms with Crippen molar-refractivity contribution < 1.29 is 9.59 Å². The molecule has 1 rings (SSSR count). The molecule has 1 aliphatic carbocycles. The Morgan fingerprint density at radius 2 is 1.94 bits per heavy atom. The van der Waals surface area contributed by atoms with Gasteiger partial charge in [-0.3, -0.25) is 0 Å². The number of rotatable bonds is 4. The van der Waals surface area contributed by atoms with E-state index in [1.165, 1.54) is 0 Å². The van der Waals surface area contributed by atoms with E-state index in [0.29, 0.717) is 12.5 Å². The molecule has 0 radical (unpaired) electrons. The molecule has 0 spiro atoms. The van der Waals surface area contributed by atoms with Crippen LogP contribution >= 0.6 is 0 Å². The molecule has 0 aromatic heterocycles. The lowest BCUT2D eigenvalue weighted by Crippen LogP contribution is -2.38. The SMILES string of the molecule is CC1(N=C=O)CCC(CCN=C=O)C1(C)C. The van der Waals surface area contributed by atoms with Crippen LogP contribution in [0.5, 0.6) is 0 Å². The minimum absolute atomic E-state index is 0.0528. The van der Waals surface area contributed by atoms with Gasteiger partial charge in [0.05, 0.1) is 12.1 Å². The Hall–Kier alpha value is -1.24. The minimum atomic E-state index is -0.329. The first-order chi connectivity index (χ1) is 7.48. The van der Waals surface area contributed by atoms with Crippen molar-refractivity contribution in [2.75, 3.05) is 6.54 Å². The van der Waals surface area contributed by atoms with E-state index in [2.05, 4.69) is 23.8 Å². The van der Waals surface area contributed by atoms with Gasteiger partial charge < -0.3 is 0 Å². The average Bonchev–Trinajstić information content (AvgIpc) is 2.42. The smallest absolute Gasteiger partial charge is 0.211 e. The number of nitrogens with zero attached hydrogens (tertiary/aromatic N) is 2. The molecule has 0 aromatic carbocycles. The standard InChI is InChI=1S/C12H18N2O2/c1-11(2)10(5-7-13-8-15)4-6-12(11,3)14-9-16/h10H,4-7H2,1-3H3. The van der Waals surface area contributed by atoms with Crippen LogP contribution in [0, 0.1) is 11.3 Å². The Morgan fingerprint density at radius 1 is 1.25 bits per heavy atom. The van der Waals surface area contributed by atoms with Crippen LogP contribution in [0.1, 0.15) is 40.0 Å². The highest BCUT2D eigenvalue weighted by Gasteiger charge is 2.51. The summed E-state index contributed by atoms with van der Waals surface area (Å²) in [5.74, 6) is 0.437. The monoisotopic (exact) mass is 222 g/mol. The molecule has 16 heavy (non-hydrogen) atoms. The van der Waals surface area contributed by atoms with E-state index < -0.39 is 0 Å². The fourth-order valence-corrected chi connectivity index (χ4v) is 2.65. The molecule has 1 aliphatic rings. The van der Waals surface area contributed by atoms with E-state index in [0.717, 1.165) is 19.3 Å². The molecule has 4 heteroatoms. The van der Waals surface area contributed by atoms with Crippen molar-refractivity contribution in [3.8, 4) is 0 Å². The van der Waals surface area contributed by atoms with E-state index in [1.54, 1.807) is 12.2 Å². The Morgan fingerprint density at radius 3 is 2.50 bits per heavy atom. The molecule has 0 bridgehead atoms. The van der Waals surface area contributed by atoms with Gasteiger partial charge in [0.25, 0.3) is 0 Å². The van der Waals surface area contributed by atoms with Crippen LogP contribution in [0.4, 0.5) is 0 Å². The number of isocyanates is 2. The molecule has 2 unspecified atom stereocenters. The zero-order valence-electron chi connectivity index (χ0n) is 10.1. The van der Waals surface area contributed by atoms with Crippen molar-refractivity contribution in [1.29, 1.82) is 0 Å². The summed E-state index contributed by atoms with van der Waals surface area (Å²) in [7, 11) is 0. The second-order valence-electron chi connectivity index (χ2n) is 5.20. The summed E-state index contributed by atoms with van der Waals surface area (Å²) in [5, 5.41) is 0. The highest BCUT2D eigenvalue weighted by molar-refractivity contribution is 5.36. The lowest BCUT2D eigenvalue weighted by atomic mass is 9.70. The Bertz CT molecular complexity index is 352. The molecule has 2 atom stereocenters. The van der Waals surface area contributed by atoms with Crippen molar-refractivity contribution >= 4 is 12.2 Å². The molecule has 0 N–H and O–H groups in total. The van der Waals surface area contributed by atoms with E-state index in [-0.39, 0.29) is 11.0 Å². The van der Waals surface area contributed by atoms with Crippen LogP contribution in [0.25, 0.3) is 0 Å². The third-order valence-corrected chi connectivity index (χ3v) is 4.33. The highest BCUT2D eigenvalue weighted by atomic mass is 16.1. The topological polar surface area (TPSA) is 58.9 Å². The first kappa shape index (κ1) is 12.8. The predicted molar refractivity (Wildman–Crippen MR) is 60.6 cm³/mol. The lowest BCUT2D eigenvalue weighted by molar-refractivity contribution is 0.161. The van der Waals surface area contributed by atoms with Crippen molar-refractivity contribution in [1.82, 2.24) is 0 Å². The second kappa shape index (κ2) is 4.73. The quantitative estimate of drug-likeness (QED) is 0.541.